The number of carbonyl (C=O) groups is 2. The minimum Gasteiger partial charge on any atom is -0.466 e. The lowest BCUT2D eigenvalue weighted by Crippen LogP contribution is -2.45. The summed E-state index contributed by atoms with van der Waals surface area (Å²) < 4.78 is 5.51. The van der Waals surface area contributed by atoms with E-state index in [1.807, 2.05) is 6.08 Å². The molecule has 0 saturated carbocycles. The molecule has 2 atom stereocenters. The molecular weight excluding hydrogens is 971 g/mol. The van der Waals surface area contributed by atoms with Gasteiger partial charge >= 0.3 is 5.97 Å². The molecule has 0 aliphatic heterocycles. The summed E-state index contributed by atoms with van der Waals surface area (Å²) in [5.41, 5.74) is 0. The second kappa shape index (κ2) is 68.6. The van der Waals surface area contributed by atoms with E-state index in [2.05, 4.69) is 43.5 Å². The second-order valence-electron chi connectivity index (χ2n) is 24.6. The predicted octanol–water partition coefficient (Wildman–Crippen LogP) is 23.1. The molecule has 0 aliphatic rings. The van der Waals surface area contributed by atoms with Crippen molar-refractivity contribution in [3.05, 3.63) is 36.5 Å². The van der Waals surface area contributed by atoms with E-state index in [1.54, 1.807) is 6.08 Å². The van der Waals surface area contributed by atoms with Crippen molar-refractivity contribution in [3.8, 4) is 0 Å². The van der Waals surface area contributed by atoms with Crippen molar-refractivity contribution in [2.24, 2.45) is 0 Å². The van der Waals surface area contributed by atoms with Crippen LogP contribution in [-0.4, -0.2) is 47.4 Å². The zero-order valence-electron chi connectivity index (χ0n) is 53.4. The molecule has 0 bridgehead atoms. The molecular formula is C73H139NO5. The first-order valence-corrected chi connectivity index (χ1v) is 35.8. The standard InChI is InChI=1S/C73H139NO5/c1-3-5-7-9-11-13-15-17-19-21-31-35-39-43-47-51-55-59-63-67-73(78)79-68-64-60-56-52-48-44-40-36-33-30-28-26-24-22-23-25-27-29-32-34-38-42-46-50-54-58-62-66-72(77)74-70(69-75)71(76)65-61-57-53-49-45-41-37-20-18-16-14-12-10-8-6-4-2/h11,13,17,19,61,65,70-71,75-76H,3-10,12,14-16,18,20-60,62-64,66-69H2,1-2H3,(H,74,77)/b13-11-,19-17-,65-61+. The lowest BCUT2D eigenvalue weighted by Gasteiger charge is -2.20. The normalized spacial score (nSPS) is 12.7. The number of nitrogens with one attached hydrogen (secondary N) is 1. The molecule has 0 aliphatic carbocycles. The fourth-order valence-corrected chi connectivity index (χ4v) is 11.2. The Morgan fingerprint density at radius 3 is 0.987 bits per heavy atom. The molecule has 3 N–H and O–H groups in total. The molecule has 466 valence electrons. The van der Waals surface area contributed by atoms with Crippen LogP contribution in [0.1, 0.15) is 393 Å². The topological polar surface area (TPSA) is 95.9 Å². The number of unbranched alkanes of at least 4 members (excludes halogenated alkanes) is 52. The van der Waals surface area contributed by atoms with E-state index >= 15 is 0 Å². The van der Waals surface area contributed by atoms with Crippen molar-refractivity contribution >= 4 is 11.9 Å². The van der Waals surface area contributed by atoms with Gasteiger partial charge in [-0.1, -0.05) is 352 Å². The number of amides is 1. The summed E-state index contributed by atoms with van der Waals surface area (Å²) in [6, 6.07) is -0.626. The van der Waals surface area contributed by atoms with Crippen LogP contribution in [0.25, 0.3) is 0 Å². The van der Waals surface area contributed by atoms with Crippen LogP contribution < -0.4 is 5.32 Å². The van der Waals surface area contributed by atoms with Gasteiger partial charge in [-0.25, -0.2) is 0 Å². The lowest BCUT2D eigenvalue weighted by atomic mass is 10.0. The Balaban J connectivity index is 3.35. The highest BCUT2D eigenvalue weighted by Crippen LogP contribution is 2.19. The molecule has 0 aromatic carbocycles. The zero-order chi connectivity index (χ0) is 57.1. The van der Waals surface area contributed by atoms with E-state index in [9.17, 15) is 19.8 Å². The fraction of sp³-hybridized carbons (Fsp3) is 0.890. The maximum absolute atomic E-state index is 12.5. The monoisotopic (exact) mass is 1110 g/mol. The molecule has 2 unspecified atom stereocenters. The van der Waals surface area contributed by atoms with Gasteiger partial charge in [0.05, 0.1) is 25.4 Å². The summed E-state index contributed by atoms with van der Waals surface area (Å²) in [5.74, 6) is -0.0483. The first kappa shape index (κ1) is 77.1. The summed E-state index contributed by atoms with van der Waals surface area (Å²) in [4.78, 5) is 24.6. The van der Waals surface area contributed by atoms with Crippen LogP contribution >= 0.6 is 0 Å². The van der Waals surface area contributed by atoms with Crippen LogP contribution in [0.4, 0.5) is 0 Å². The van der Waals surface area contributed by atoms with Crippen LogP contribution in [0.2, 0.25) is 0 Å². The van der Waals surface area contributed by atoms with Gasteiger partial charge in [0.1, 0.15) is 0 Å². The highest BCUT2D eigenvalue weighted by molar-refractivity contribution is 5.76. The molecule has 79 heavy (non-hydrogen) atoms. The number of aliphatic hydroxyl groups is 2. The van der Waals surface area contributed by atoms with Gasteiger partial charge < -0.3 is 20.3 Å². The van der Waals surface area contributed by atoms with Crippen molar-refractivity contribution in [3.63, 3.8) is 0 Å². The third-order valence-electron chi connectivity index (χ3n) is 16.7. The Hall–Kier alpha value is -1.92. The first-order valence-electron chi connectivity index (χ1n) is 35.8. The molecule has 1 amide bonds. The summed E-state index contributed by atoms with van der Waals surface area (Å²) in [5, 5.41) is 23.2. The Morgan fingerprint density at radius 1 is 0.354 bits per heavy atom. The number of rotatable bonds is 67. The van der Waals surface area contributed by atoms with Crippen LogP contribution in [0.3, 0.4) is 0 Å². The van der Waals surface area contributed by atoms with Crippen molar-refractivity contribution in [1.82, 2.24) is 5.32 Å². The van der Waals surface area contributed by atoms with E-state index in [0.29, 0.717) is 19.4 Å². The number of carbonyl (C=O) groups excluding carboxylic acids is 2. The van der Waals surface area contributed by atoms with Gasteiger partial charge in [-0.3, -0.25) is 9.59 Å². The summed E-state index contributed by atoms with van der Waals surface area (Å²) in [7, 11) is 0. The Morgan fingerprint density at radius 2 is 0.633 bits per heavy atom. The highest BCUT2D eigenvalue weighted by Gasteiger charge is 2.18. The van der Waals surface area contributed by atoms with E-state index in [0.717, 1.165) is 51.4 Å². The van der Waals surface area contributed by atoms with Gasteiger partial charge in [-0.05, 0) is 64.2 Å². The third-order valence-corrected chi connectivity index (χ3v) is 16.7. The highest BCUT2D eigenvalue weighted by atomic mass is 16.5. The maximum atomic E-state index is 12.5. The predicted molar refractivity (Wildman–Crippen MR) is 347 cm³/mol. The number of aliphatic hydroxyl groups excluding tert-OH is 2. The fourth-order valence-electron chi connectivity index (χ4n) is 11.2. The van der Waals surface area contributed by atoms with Gasteiger partial charge in [0.25, 0.3) is 0 Å². The van der Waals surface area contributed by atoms with Gasteiger partial charge in [0, 0.05) is 12.8 Å². The summed E-state index contributed by atoms with van der Waals surface area (Å²) >= 11 is 0. The van der Waals surface area contributed by atoms with E-state index < -0.39 is 12.1 Å². The molecule has 0 saturated heterocycles. The number of hydrogen-bond donors (Lipinski definition) is 3. The van der Waals surface area contributed by atoms with Gasteiger partial charge in [-0.15, -0.1) is 0 Å². The molecule has 0 aromatic heterocycles. The largest absolute Gasteiger partial charge is 0.466 e. The van der Waals surface area contributed by atoms with Crippen molar-refractivity contribution in [1.29, 1.82) is 0 Å². The molecule has 6 nitrogen and oxygen atoms in total. The van der Waals surface area contributed by atoms with Crippen molar-refractivity contribution in [2.75, 3.05) is 13.2 Å². The van der Waals surface area contributed by atoms with Crippen molar-refractivity contribution < 1.29 is 24.5 Å². The van der Waals surface area contributed by atoms with Crippen LogP contribution in [0.15, 0.2) is 36.5 Å². The minimum absolute atomic E-state index is 0.0144. The van der Waals surface area contributed by atoms with Crippen LogP contribution in [-0.2, 0) is 14.3 Å². The number of allylic oxidation sites excluding steroid dienone is 5. The Kier molecular flexibility index (Phi) is 66.9. The van der Waals surface area contributed by atoms with Gasteiger partial charge in [0.15, 0.2) is 0 Å². The van der Waals surface area contributed by atoms with Crippen LogP contribution in [0.5, 0.6) is 0 Å². The SMILES string of the molecule is CCCCC/C=C\C/C=C\CCCCCCCCCCCC(=O)OCCCCCCCCCCCCCCCCCCCCCCCCCCCCCC(=O)NC(CO)C(O)/C=C/CCCCCCCCCCCCCCCC. The summed E-state index contributed by atoms with van der Waals surface area (Å²) in [6.07, 6.45) is 88.0. The van der Waals surface area contributed by atoms with Crippen molar-refractivity contribution in [2.45, 2.75) is 405 Å². The van der Waals surface area contributed by atoms with E-state index in [1.165, 1.54) is 315 Å². The average molecular weight is 1110 g/mol. The molecule has 0 aromatic rings. The third kappa shape index (κ3) is 65.1. The number of esters is 1. The number of ether oxygens (including phenoxy) is 1. The number of hydrogen-bond acceptors (Lipinski definition) is 5. The first-order chi connectivity index (χ1) is 39.0. The van der Waals surface area contributed by atoms with Gasteiger partial charge in [0.2, 0.25) is 5.91 Å². The average Bonchev–Trinajstić information content (AvgIpc) is 3.45. The van der Waals surface area contributed by atoms with E-state index in [4.69, 9.17) is 4.74 Å². The minimum atomic E-state index is -0.843. The zero-order valence-corrected chi connectivity index (χ0v) is 53.4. The quantitative estimate of drug-likeness (QED) is 0.0320. The molecule has 0 rings (SSSR count). The Bertz CT molecular complexity index is 1280. The molecule has 0 heterocycles. The molecule has 6 heteroatoms. The Labute approximate surface area is 494 Å². The molecule has 0 radical (unpaired) electrons. The van der Waals surface area contributed by atoms with Gasteiger partial charge in [-0.2, -0.15) is 0 Å². The van der Waals surface area contributed by atoms with E-state index in [-0.39, 0.29) is 18.5 Å². The molecule has 0 spiro atoms. The summed E-state index contributed by atoms with van der Waals surface area (Å²) in [6.45, 7) is 4.91. The lowest BCUT2D eigenvalue weighted by molar-refractivity contribution is -0.143. The van der Waals surface area contributed by atoms with Crippen LogP contribution in [0, 0.1) is 0 Å². The smallest absolute Gasteiger partial charge is 0.305 e. The second-order valence-corrected chi connectivity index (χ2v) is 24.6. The molecule has 0 fully saturated rings. The maximum Gasteiger partial charge on any atom is 0.305 e.